The molecule has 0 spiro atoms. The van der Waals surface area contributed by atoms with Crippen molar-refractivity contribution in [1.82, 2.24) is 5.48 Å². The van der Waals surface area contributed by atoms with Gasteiger partial charge in [0.1, 0.15) is 11.6 Å². The molecule has 28 heavy (non-hydrogen) atoms. The third kappa shape index (κ3) is 2.80. The summed E-state index contributed by atoms with van der Waals surface area (Å²) in [6.07, 6.45) is 7.26. The van der Waals surface area contributed by atoms with Gasteiger partial charge in [0.05, 0.1) is 6.61 Å². The highest BCUT2D eigenvalue weighted by Crippen LogP contribution is 2.65. The molecule has 0 heterocycles. The predicted octanol–water partition coefficient (Wildman–Crippen LogP) is 3.53. The first-order valence-corrected chi connectivity index (χ1v) is 11.2. The first-order chi connectivity index (χ1) is 13.4. The van der Waals surface area contributed by atoms with Gasteiger partial charge in [0.15, 0.2) is 0 Å². The SMILES string of the molecule is CCC1=C(NOCCN)CC[C@@]2(C)C1C(=O)C[C@@H]1[C@@H]2CC[C@]2(C)C(=O)CC[C@@H]12. The topological polar surface area (TPSA) is 81.4 Å². The average Bonchev–Trinajstić information content (AvgIpc) is 2.97. The molecule has 3 saturated carbocycles. The fraction of sp³-hybridized carbons (Fsp3) is 0.826. The highest BCUT2D eigenvalue weighted by molar-refractivity contribution is 5.89. The van der Waals surface area contributed by atoms with E-state index in [4.69, 9.17) is 10.6 Å². The van der Waals surface area contributed by atoms with Crippen LogP contribution in [0.5, 0.6) is 0 Å². The minimum Gasteiger partial charge on any atom is -0.328 e. The highest BCUT2D eigenvalue weighted by Gasteiger charge is 2.62. The second-order valence-electron chi connectivity index (χ2n) is 10.0. The number of hydroxylamine groups is 1. The van der Waals surface area contributed by atoms with Crippen LogP contribution in [0.2, 0.25) is 0 Å². The van der Waals surface area contributed by atoms with Crippen molar-refractivity contribution in [2.75, 3.05) is 13.2 Å². The number of hydrogen-bond donors (Lipinski definition) is 2. The highest BCUT2D eigenvalue weighted by atomic mass is 16.6. The molecule has 0 aliphatic heterocycles. The van der Waals surface area contributed by atoms with Crippen molar-refractivity contribution in [3.8, 4) is 0 Å². The van der Waals surface area contributed by atoms with Crippen LogP contribution < -0.4 is 11.2 Å². The number of hydrogen-bond acceptors (Lipinski definition) is 5. The Morgan fingerprint density at radius 2 is 1.93 bits per heavy atom. The number of Topliss-reactive ketones (excluding diaryl/α,β-unsaturated/α-hetero) is 2. The lowest BCUT2D eigenvalue weighted by Crippen LogP contribution is -2.56. The molecule has 0 saturated heterocycles. The molecule has 3 N–H and O–H groups in total. The van der Waals surface area contributed by atoms with E-state index in [-0.39, 0.29) is 16.7 Å². The molecule has 0 aromatic heterocycles. The number of allylic oxidation sites excluding steroid dienone is 2. The number of fused-ring (bicyclic) bond motifs is 5. The summed E-state index contributed by atoms with van der Waals surface area (Å²) < 4.78 is 0. The van der Waals surface area contributed by atoms with Crippen LogP contribution in [0.1, 0.15) is 72.1 Å². The van der Waals surface area contributed by atoms with E-state index in [1.54, 1.807) is 0 Å². The molecule has 156 valence electrons. The third-order valence-corrected chi connectivity index (χ3v) is 8.86. The zero-order valence-corrected chi connectivity index (χ0v) is 17.7. The second-order valence-corrected chi connectivity index (χ2v) is 10.0. The van der Waals surface area contributed by atoms with E-state index in [0.717, 1.165) is 44.2 Å². The van der Waals surface area contributed by atoms with E-state index in [0.29, 0.717) is 55.3 Å². The van der Waals surface area contributed by atoms with Crippen molar-refractivity contribution in [1.29, 1.82) is 0 Å². The number of nitrogens with two attached hydrogens (primary N) is 1. The first kappa shape index (κ1) is 20.1. The molecule has 0 aromatic carbocycles. The zero-order valence-electron chi connectivity index (χ0n) is 17.7. The summed E-state index contributed by atoms with van der Waals surface area (Å²) in [6.45, 7) is 7.63. The van der Waals surface area contributed by atoms with Crippen molar-refractivity contribution in [2.24, 2.45) is 40.2 Å². The van der Waals surface area contributed by atoms with Crippen LogP contribution in [-0.4, -0.2) is 24.7 Å². The Kier molecular flexibility index (Phi) is 5.20. The smallest absolute Gasteiger partial charge is 0.140 e. The fourth-order valence-corrected chi connectivity index (χ4v) is 7.48. The number of carbonyl (C=O) groups is 2. The van der Waals surface area contributed by atoms with E-state index in [1.165, 1.54) is 5.57 Å². The monoisotopic (exact) mass is 388 g/mol. The molecular weight excluding hydrogens is 352 g/mol. The summed E-state index contributed by atoms with van der Waals surface area (Å²) in [5, 5.41) is 0. The summed E-state index contributed by atoms with van der Waals surface area (Å²) in [6, 6.07) is 0. The molecule has 0 radical (unpaired) electrons. The van der Waals surface area contributed by atoms with Gasteiger partial charge in [0.25, 0.3) is 0 Å². The van der Waals surface area contributed by atoms with E-state index < -0.39 is 0 Å². The second kappa shape index (κ2) is 7.24. The quantitative estimate of drug-likeness (QED) is 0.556. The lowest BCUT2D eigenvalue weighted by molar-refractivity contribution is -0.150. The van der Waals surface area contributed by atoms with Gasteiger partial charge in [-0.1, -0.05) is 20.8 Å². The summed E-state index contributed by atoms with van der Waals surface area (Å²) in [5.74, 6) is 2.17. The number of ketones is 2. The Hall–Kier alpha value is -1.20. The van der Waals surface area contributed by atoms with Crippen molar-refractivity contribution in [2.45, 2.75) is 72.1 Å². The maximum atomic E-state index is 13.5. The van der Waals surface area contributed by atoms with Crippen molar-refractivity contribution < 1.29 is 14.4 Å². The van der Waals surface area contributed by atoms with Gasteiger partial charge in [0, 0.05) is 36.4 Å². The van der Waals surface area contributed by atoms with E-state index in [1.807, 2.05) is 0 Å². The summed E-state index contributed by atoms with van der Waals surface area (Å²) in [4.78, 5) is 31.6. The molecule has 5 nitrogen and oxygen atoms in total. The van der Waals surface area contributed by atoms with Gasteiger partial charge < -0.3 is 5.73 Å². The Morgan fingerprint density at radius 3 is 2.64 bits per heavy atom. The third-order valence-electron chi connectivity index (χ3n) is 8.86. The lowest BCUT2D eigenvalue weighted by Gasteiger charge is -2.59. The normalized spacial score (nSPS) is 42.9. The predicted molar refractivity (Wildman–Crippen MR) is 108 cm³/mol. The van der Waals surface area contributed by atoms with Gasteiger partial charge in [-0.3, -0.25) is 19.9 Å². The molecule has 5 heteroatoms. The van der Waals surface area contributed by atoms with E-state index >= 15 is 0 Å². The van der Waals surface area contributed by atoms with Crippen LogP contribution in [0.15, 0.2) is 11.3 Å². The van der Waals surface area contributed by atoms with Gasteiger partial charge in [-0.25, -0.2) is 0 Å². The Bertz CT molecular complexity index is 702. The maximum Gasteiger partial charge on any atom is 0.140 e. The number of carbonyl (C=O) groups excluding carboxylic acids is 2. The van der Waals surface area contributed by atoms with Crippen molar-refractivity contribution in [3.05, 3.63) is 11.3 Å². The van der Waals surface area contributed by atoms with Gasteiger partial charge in [-0.15, -0.1) is 0 Å². The van der Waals surface area contributed by atoms with Crippen LogP contribution in [0, 0.1) is 34.5 Å². The standard InChI is InChI=1S/C23H36N2O3/c1-4-14-18(25-28-12-11-24)8-10-23(3)17-7-9-22(2)16(5-6-20(22)27)15(17)13-19(26)21(14)23/h15-17,21,25H,4-13,24H2,1-3H3/t15-,16-,17-,21?,22-,23+/m0/s1. The Labute approximate surface area is 168 Å². The molecule has 0 bridgehead atoms. The van der Waals surface area contributed by atoms with Crippen LogP contribution >= 0.6 is 0 Å². The van der Waals surface area contributed by atoms with Crippen molar-refractivity contribution >= 4 is 11.6 Å². The van der Waals surface area contributed by atoms with Crippen LogP contribution in [0.25, 0.3) is 0 Å². The number of rotatable bonds is 5. The van der Waals surface area contributed by atoms with E-state index in [2.05, 4.69) is 26.3 Å². The lowest BCUT2D eigenvalue weighted by atomic mass is 9.44. The first-order valence-electron chi connectivity index (χ1n) is 11.2. The van der Waals surface area contributed by atoms with Crippen LogP contribution in [-0.2, 0) is 14.4 Å². The zero-order chi connectivity index (χ0) is 20.1. The molecule has 6 atom stereocenters. The Balaban J connectivity index is 1.65. The molecule has 1 unspecified atom stereocenters. The van der Waals surface area contributed by atoms with Crippen molar-refractivity contribution in [3.63, 3.8) is 0 Å². The fourth-order valence-electron chi connectivity index (χ4n) is 7.48. The average molecular weight is 389 g/mol. The van der Waals surface area contributed by atoms with Crippen LogP contribution in [0.4, 0.5) is 0 Å². The van der Waals surface area contributed by atoms with Gasteiger partial charge in [-0.05, 0) is 67.3 Å². The maximum absolute atomic E-state index is 13.5. The number of nitrogens with one attached hydrogen (secondary N) is 1. The van der Waals surface area contributed by atoms with Gasteiger partial charge >= 0.3 is 0 Å². The van der Waals surface area contributed by atoms with Crippen LogP contribution in [0.3, 0.4) is 0 Å². The largest absolute Gasteiger partial charge is 0.328 e. The summed E-state index contributed by atoms with van der Waals surface area (Å²) in [5.41, 5.74) is 10.8. The summed E-state index contributed by atoms with van der Waals surface area (Å²) >= 11 is 0. The van der Waals surface area contributed by atoms with Gasteiger partial charge in [-0.2, -0.15) is 0 Å². The molecular formula is C23H36N2O3. The molecule has 3 fully saturated rings. The molecule has 4 aliphatic rings. The molecule has 4 rings (SSSR count). The van der Waals surface area contributed by atoms with Gasteiger partial charge in [0.2, 0.25) is 0 Å². The Morgan fingerprint density at radius 1 is 1.14 bits per heavy atom. The molecule has 0 amide bonds. The molecule has 4 aliphatic carbocycles. The summed E-state index contributed by atoms with van der Waals surface area (Å²) in [7, 11) is 0. The molecule has 0 aromatic rings. The van der Waals surface area contributed by atoms with E-state index in [9.17, 15) is 9.59 Å². The minimum absolute atomic E-state index is 0.00191. The minimum atomic E-state index is -0.175.